The van der Waals surface area contributed by atoms with Gasteiger partial charge in [-0.2, -0.15) is 0 Å². The Morgan fingerprint density at radius 2 is 2.05 bits per heavy atom. The number of aryl methyl sites for hydroxylation is 1. The molecule has 2 saturated heterocycles. The summed E-state index contributed by atoms with van der Waals surface area (Å²) in [5.41, 5.74) is 2.45. The number of likely N-dealkylation sites (tertiary alicyclic amines) is 2. The Hall–Kier alpha value is -1.84. The number of amides is 2. The highest BCUT2D eigenvalue weighted by Gasteiger charge is 2.36. The van der Waals surface area contributed by atoms with Crippen LogP contribution in [0.4, 0.5) is 0 Å². The minimum absolute atomic E-state index is 0.0934. The van der Waals surface area contributed by atoms with Crippen molar-refractivity contribution in [1.29, 1.82) is 0 Å². The fourth-order valence-corrected chi connectivity index (χ4v) is 3.64. The Kier molecular flexibility index (Phi) is 4.19. The molecule has 4 nitrogen and oxygen atoms in total. The van der Waals surface area contributed by atoms with Crippen LogP contribution >= 0.6 is 0 Å². The van der Waals surface area contributed by atoms with Gasteiger partial charge in [0.15, 0.2) is 0 Å². The molecule has 2 aliphatic rings. The van der Waals surface area contributed by atoms with E-state index in [1.165, 1.54) is 11.1 Å². The SMILES string of the molecule is Cc1cccc([C@H]2CCCN2C(=O)[C@H]2CCN(C)C(=O)C2)c1. The van der Waals surface area contributed by atoms with E-state index in [1.807, 2.05) is 11.9 Å². The first-order chi connectivity index (χ1) is 10.6. The predicted octanol–water partition coefficient (Wildman–Crippen LogP) is 2.53. The van der Waals surface area contributed by atoms with E-state index in [-0.39, 0.29) is 23.8 Å². The third kappa shape index (κ3) is 2.87. The number of nitrogens with zero attached hydrogens (tertiary/aromatic N) is 2. The van der Waals surface area contributed by atoms with Crippen molar-refractivity contribution in [3.8, 4) is 0 Å². The van der Waals surface area contributed by atoms with Gasteiger partial charge in [-0.05, 0) is 31.7 Å². The second-order valence-corrected chi connectivity index (χ2v) is 6.61. The number of benzene rings is 1. The molecular formula is C18H24N2O2. The highest BCUT2D eigenvalue weighted by atomic mass is 16.2. The molecule has 0 aliphatic carbocycles. The van der Waals surface area contributed by atoms with Crippen molar-refractivity contribution >= 4 is 11.8 Å². The summed E-state index contributed by atoms with van der Waals surface area (Å²) in [6.07, 6.45) is 3.23. The molecule has 1 aromatic carbocycles. The first-order valence-corrected chi connectivity index (χ1v) is 8.17. The lowest BCUT2D eigenvalue weighted by molar-refractivity contribution is -0.145. The van der Waals surface area contributed by atoms with Gasteiger partial charge in [-0.1, -0.05) is 29.8 Å². The third-order valence-electron chi connectivity index (χ3n) is 4.97. The van der Waals surface area contributed by atoms with E-state index in [0.717, 1.165) is 25.8 Å². The maximum atomic E-state index is 12.9. The molecule has 0 unspecified atom stereocenters. The minimum atomic E-state index is -0.130. The average molecular weight is 300 g/mol. The second kappa shape index (κ2) is 6.11. The van der Waals surface area contributed by atoms with Crippen molar-refractivity contribution in [2.24, 2.45) is 5.92 Å². The molecule has 0 aromatic heterocycles. The van der Waals surface area contributed by atoms with E-state index in [2.05, 4.69) is 31.2 Å². The van der Waals surface area contributed by atoms with Crippen molar-refractivity contribution in [3.63, 3.8) is 0 Å². The third-order valence-corrected chi connectivity index (χ3v) is 4.97. The van der Waals surface area contributed by atoms with Gasteiger partial charge in [0.1, 0.15) is 0 Å². The Morgan fingerprint density at radius 1 is 1.23 bits per heavy atom. The summed E-state index contributed by atoms with van der Waals surface area (Å²) in [4.78, 5) is 28.5. The first-order valence-electron chi connectivity index (χ1n) is 8.17. The number of carbonyl (C=O) groups is 2. The number of hydrogen-bond donors (Lipinski definition) is 0. The van der Waals surface area contributed by atoms with Gasteiger partial charge in [0, 0.05) is 32.5 Å². The zero-order valence-corrected chi connectivity index (χ0v) is 13.4. The van der Waals surface area contributed by atoms with Gasteiger partial charge in [0.25, 0.3) is 0 Å². The van der Waals surface area contributed by atoms with Gasteiger partial charge in [-0.15, -0.1) is 0 Å². The Labute approximate surface area is 132 Å². The molecule has 2 heterocycles. The molecule has 1 aromatic rings. The zero-order valence-electron chi connectivity index (χ0n) is 13.4. The topological polar surface area (TPSA) is 40.6 Å². The first kappa shape index (κ1) is 15.1. The molecule has 2 amide bonds. The molecule has 118 valence electrons. The Balaban J connectivity index is 1.75. The molecule has 2 fully saturated rings. The maximum absolute atomic E-state index is 12.9. The van der Waals surface area contributed by atoms with Crippen LogP contribution in [0.15, 0.2) is 24.3 Å². The van der Waals surface area contributed by atoms with E-state index in [4.69, 9.17) is 0 Å². The molecule has 3 rings (SSSR count). The van der Waals surface area contributed by atoms with Gasteiger partial charge in [0.2, 0.25) is 11.8 Å². The molecule has 0 bridgehead atoms. The number of hydrogen-bond acceptors (Lipinski definition) is 2. The van der Waals surface area contributed by atoms with Crippen LogP contribution < -0.4 is 0 Å². The van der Waals surface area contributed by atoms with Gasteiger partial charge in [-0.25, -0.2) is 0 Å². The van der Waals surface area contributed by atoms with Crippen LogP contribution in [0.2, 0.25) is 0 Å². The second-order valence-electron chi connectivity index (χ2n) is 6.61. The van der Waals surface area contributed by atoms with E-state index in [1.54, 1.807) is 4.90 Å². The van der Waals surface area contributed by atoms with E-state index < -0.39 is 0 Å². The van der Waals surface area contributed by atoms with Crippen molar-refractivity contribution in [2.75, 3.05) is 20.1 Å². The summed E-state index contributed by atoms with van der Waals surface area (Å²) < 4.78 is 0. The van der Waals surface area contributed by atoms with Crippen LogP contribution in [0, 0.1) is 12.8 Å². The van der Waals surface area contributed by atoms with Crippen LogP contribution in [0.1, 0.15) is 42.9 Å². The van der Waals surface area contributed by atoms with Crippen LogP contribution in [-0.2, 0) is 9.59 Å². The van der Waals surface area contributed by atoms with E-state index in [0.29, 0.717) is 13.0 Å². The zero-order chi connectivity index (χ0) is 15.7. The Morgan fingerprint density at radius 3 is 2.77 bits per heavy atom. The molecule has 0 saturated carbocycles. The molecule has 2 aliphatic heterocycles. The standard InChI is InChI=1S/C18H24N2O2/c1-13-5-3-6-14(11-13)16-7-4-9-20(16)18(22)15-8-10-19(2)17(21)12-15/h3,5-6,11,15-16H,4,7-10,12H2,1-2H3/t15-,16+/m0/s1. The largest absolute Gasteiger partial charge is 0.346 e. The minimum Gasteiger partial charge on any atom is -0.346 e. The summed E-state index contributed by atoms with van der Waals surface area (Å²) in [6, 6.07) is 8.62. The van der Waals surface area contributed by atoms with Gasteiger partial charge in [0.05, 0.1) is 6.04 Å². The highest BCUT2D eigenvalue weighted by molar-refractivity contribution is 5.87. The summed E-state index contributed by atoms with van der Waals surface area (Å²) in [5, 5.41) is 0. The summed E-state index contributed by atoms with van der Waals surface area (Å²) in [5.74, 6) is 0.135. The van der Waals surface area contributed by atoms with Crippen molar-refractivity contribution in [3.05, 3.63) is 35.4 Å². The van der Waals surface area contributed by atoms with Crippen LogP contribution in [0.5, 0.6) is 0 Å². The van der Waals surface area contributed by atoms with Gasteiger partial charge < -0.3 is 9.80 Å². The normalized spacial score (nSPS) is 25.6. The number of rotatable bonds is 2. The van der Waals surface area contributed by atoms with Crippen LogP contribution in [-0.4, -0.2) is 41.8 Å². The molecule has 22 heavy (non-hydrogen) atoms. The van der Waals surface area contributed by atoms with E-state index >= 15 is 0 Å². The molecule has 0 radical (unpaired) electrons. The van der Waals surface area contributed by atoms with Crippen molar-refractivity contribution < 1.29 is 9.59 Å². The van der Waals surface area contributed by atoms with Gasteiger partial charge >= 0.3 is 0 Å². The summed E-state index contributed by atoms with van der Waals surface area (Å²) in [6.45, 7) is 3.59. The highest BCUT2D eigenvalue weighted by Crippen LogP contribution is 2.34. The maximum Gasteiger partial charge on any atom is 0.226 e. The smallest absolute Gasteiger partial charge is 0.226 e. The van der Waals surface area contributed by atoms with Crippen LogP contribution in [0.25, 0.3) is 0 Å². The fraction of sp³-hybridized carbons (Fsp3) is 0.556. The fourth-order valence-electron chi connectivity index (χ4n) is 3.64. The molecule has 2 atom stereocenters. The molecule has 4 heteroatoms. The number of piperidine rings is 1. The van der Waals surface area contributed by atoms with Crippen molar-refractivity contribution in [2.45, 2.75) is 38.6 Å². The van der Waals surface area contributed by atoms with E-state index in [9.17, 15) is 9.59 Å². The lowest BCUT2D eigenvalue weighted by Crippen LogP contribution is -2.43. The molecular weight excluding hydrogens is 276 g/mol. The monoisotopic (exact) mass is 300 g/mol. The van der Waals surface area contributed by atoms with Crippen molar-refractivity contribution in [1.82, 2.24) is 9.80 Å². The lowest BCUT2D eigenvalue weighted by atomic mass is 9.94. The predicted molar refractivity (Wildman–Crippen MR) is 85.2 cm³/mol. The molecule has 0 spiro atoms. The summed E-state index contributed by atoms with van der Waals surface area (Å²) >= 11 is 0. The molecule has 0 N–H and O–H groups in total. The van der Waals surface area contributed by atoms with Crippen LogP contribution in [0.3, 0.4) is 0 Å². The Bertz CT molecular complexity index is 584. The van der Waals surface area contributed by atoms with Gasteiger partial charge in [-0.3, -0.25) is 9.59 Å². The number of carbonyl (C=O) groups excluding carboxylic acids is 2. The average Bonchev–Trinajstić information content (AvgIpc) is 2.99. The quantitative estimate of drug-likeness (QED) is 0.842. The lowest BCUT2D eigenvalue weighted by Gasteiger charge is -2.33. The summed E-state index contributed by atoms with van der Waals surface area (Å²) in [7, 11) is 1.81.